The Hall–Kier alpha value is -1.67. The summed E-state index contributed by atoms with van der Waals surface area (Å²) >= 11 is 0. The van der Waals surface area contributed by atoms with Crippen molar-refractivity contribution in [1.29, 1.82) is 5.26 Å². The quantitative estimate of drug-likeness (QED) is 0.703. The van der Waals surface area contributed by atoms with Crippen molar-refractivity contribution in [2.24, 2.45) is 0 Å². The minimum atomic E-state index is -0.543. The molecule has 1 aromatic heterocycles. The molecule has 1 aliphatic rings. The molecule has 0 aromatic carbocycles. The van der Waals surface area contributed by atoms with Crippen LogP contribution in [0.3, 0.4) is 0 Å². The largest absolute Gasteiger partial charge is 0.368 e. The van der Waals surface area contributed by atoms with Crippen LogP contribution in [0.4, 0.5) is 10.1 Å². The van der Waals surface area contributed by atoms with Gasteiger partial charge in [0.25, 0.3) is 0 Å². The number of halogens is 1. The highest BCUT2D eigenvalue weighted by molar-refractivity contribution is 5.47. The highest BCUT2D eigenvalue weighted by atomic mass is 19.1. The van der Waals surface area contributed by atoms with Crippen LogP contribution in [-0.2, 0) is 0 Å². The Morgan fingerprint density at radius 1 is 1.38 bits per heavy atom. The van der Waals surface area contributed by atoms with Gasteiger partial charge in [-0.3, -0.25) is 0 Å². The van der Waals surface area contributed by atoms with Crippen LogP contribution >= 0.6 is 0 Å². The van der Waals surface area contributed by atoms with Crippen molar-refractivity contribution in [3.8, 4) is 6.07 Å². The van der Waals surface area contributed by atoms with Gasteiger partial charge in [-0.05, 0) is 7.05 Å². The van der Waals surface area contributed by atoms with Crippen LogP contribution in [0.15, 0.2) is 12.3 Å². The Bertz CT molecular complexity index is 418. The molecular formula is C11H13FN4. The summed E-state index contributed by atoms with van der Waals surface area (Å²) < 4.78 is 13.4. The number of anilines is 1. The third-order valence-electron chi connectivity index (χ3n) is 2.80. The number of rotatable bonds is 1. The van der Waals surface area contributed by atoms with Crippen molar-refractivity contribution >= 4 is 5.69 Å². The molecule has 0 spiro atoms. The molecule has 0 bridgehead atoms. The Morgan fingerprint density at radius 3 is 2.62 bits per heavy atom. The average Bonchev–Trinajstić information content (AvgIpc) is 2.30. The summed E-state index contributed by atoms with van der Waals surface area (Å²) in [5.41, 5.74) is 0.613. The molecule has 1 aliphatic heterocycles. The van der Waals surface area contributed by atoms with E-state index in [-0.39, 0.29) is 5.69 Å². The fourth-order valence-electron chi connectivity index (χ4n) is 1.75. The first-order chi connectivity index (χ1) is 7.70. The van der Waals surface area contributed by atoms with E-state index in [0.29, 0.717) is 0 Å². The van der Waals surface area contributed by atoms with Crippen LogP contribution in [0.1, 0.15) is 5.69 Å². The van der Waals surface area contributed by atoms with E-state index in [0.717, 1.165) is 31.9 Å². The maximum Gasteiger partial charge on any atom is 0.176 e. The first-order valence-corrected chi connectivity index (χ1v) is 5.20. The number of aromatic nitrogens is 1. The van der Waals surface area contributed by atoms with Crippen LogP contribution in [-0.4, -0.2) is 43.1 Å². The Labute approximate surface area is 93.9 Å². The molecule has 0 atom stereocenters. The van der Waals surface area contributed by atoms with Gasteiger partial charge in [-0.1, -0.05) is 0 Å². The van der Waals surface area contributed by atoms with Gasteiger partial charge >= 0.3 is 0 Å². The summed E-state index contributed by atoms with van der Waals surface area (Å²) in [4.78, 5) is 8.11. The lowest BCUT2D eigenvalue weighted by Crippen LogP contribution is -2.44. The van der Waals surface area contributed by atoms with Gasteiger partial charge in [0, 0.05) is 32.2 Å². The van der Waals surface area contributed by atoms with Crippen molar-refractivity contribution in [2.45, 2.75) is 0 Å². The van der Waals surface area contributed by atoms with Gasteiger partial charge in [0.1, 0.15) is 6.07 Å². The second-order valence-corrected chi connectivity index (χ2v) is 3.93. The van der Waals surface area contributed by atoms with Crippen LogP contribution in [0.2, 0.25) is 0 Å². The maximum atomic E-state index is 13.4. The van der Waals surface area contributed by atoms with Gasteiger partial charge in [0.15, 0.2) is 11.5 Å². The van der Waals surface area contributed by atoms with Crippen molar-refractivity contribution in [3.63, 3.8) is 0 Å². The van der Waals surface area contributed by atoms with Gasteiger partial charge in [-0.15, -0.1) is 0 Å². The predicted octanol–water partition coefficient (Wildman–Crippen LogP) is 0.844. The number of nitrogens with zero attached hydrogens (tertiary/aromatic N) is 4. The van der Waals surface area contributed by atoms with E-state index in [4.69, 9.17) is 5.26 Å². The minimum Gasteiger partial charge on any atom is -0.368 e. The lowest BCUT2D eigenvalue weighted by molar-refractivity contribution is 0.312. The molecule has 1 fully saturated rings. The fourth-order valence-corrected chi connectivity index (χ4v) is 1.75. The predicted molar refractivity (Wildman–Crippen MR) is 58.6 cm³/mol. The van der Waals surface area contributed by atoms with E-state index < -0.39 is 5.82 Å². The van der Waals surface area contributed by atoms with E-state index in [1.807, 2.05) is 0 Å². The highest BCUT2D eigenvalue weighted by Crippen LogP contribution is 2.17. The minimum absolute atomic E-state index is 0.141. The molecule has 0 aliphatic carbocycles. The third kappa shape index (κ3) is 2.12. The number of likely N-dealkylation sites (N-methyl/N-ethyl adjacent to an activating group) is 1. The second kappa shape index (κ2) is 4.45. The molecule has 4 nitrogen and oxygen atoms in total. The van der Waals surface area contributed by atoms with Crippen molar-refractivity contribution in [2.75, 3.05) is 38.1 Å². The van der Waals surface area contributed by atoms with Crippen LogP contribution < -0.4 is 4.90 Å². The topological polar surface area (TPSA) is 43.2 Å². The lowest BCUT2D eigenvalue weighted by atomic mass is 10.2. The summed E-state index contributed by atoms with van der Waals surface area (Å²) in [6, 6.07) is 3.11. The molecule has 0 N–H and O–H groups in total. The Morgan fingerprint density at radius 2 is 2.06 bits per heavy atom. The first-order valence-electron chi connectivity index (χ1n) is 5.20. The van der Waals surface area contributed by atoms with E-state index in [1.165, 1.54) is 6.07 Å². The van der Waals surface area contributed by atoms with Crippen molar-refractivity contribution in [1.82, 2.24) is 9.88 Å². The smallest absolute Gasteiger partial charge is 0.176 e. The van der Waals surface area contributed by atoms with Gasteiger partial charge < -0.3 is 9.80 Å². The van der Waals surface area contributed by atoms with E-state index in [9.17, 15) is 4.39 Å². The summed E-state index contributed by atoms with van der Waals surface area (Å²) in [5.74, 6) is -0.543. The molecule has 16 heavy (non-hydrogen) atoms. The third-order valence-corrected chi connectivity index (χ3v) is 2.80. The van der Waals surface area contributed by atoms with Crippen molar-refractivity contribution < 1.29 is 4.39 Å². The average molecular weight is 220 g/mol. The van der Waals surface area contributed by atoms with E-state index in [2.05, 4.69) is 21.8 Å². The van der Waals surface area contributed by atoms with Gasteiger partial charge in [-0.25, -0.2) is 9.37 Å². The number of nitriles is 1. The highest BCUT2D eigenvalue weighted by Gasteiger charge is 2.15. The summed E-state index contributed by atoms with van der Waals surface area (Å²) in [7, 11) is 2.06. The number of pyridine rings is 1. The van der Waals surface area contributed by atoms with Crippen molar-refractivity contribution in [3.05, 3.63) is 23.8 Å². The maximum absolute atomic E-state index is 13.4. The van der Waals surface area contributed by atoms with E-state index >= 15 is 0 Å². The second-order valence-electron chi connectivity index (χ2n) is 3.93. The van der Waals surface area contributed by atoms with Crippen LogP contribution in [0.5, 0.6) is 0 Å². The first kappa shape index (κ1) is 10.8. The fraction of sp³-hybridized carbons (Fsp3) is 0.455. The Kier molecular flexibility index (Phi) is 3.02. The van der Waals surface area contributed by atoms with Gasteiger partial charge in [0.2, 0.25) is 0 Å². The number of hydrogen-bond acceptors (Lipinski definition) is 4. The molecular weight excluding hydrogens is 207 g/mol. The summed E-state index contributed by atoms with van der Waals surface area (Å²) in [6.45, 7) is 3.65. The normalized spacial score (nSPS) is 17.2. The molecule has 2 heterocycles. The molecule has 0 amide bonds. The summed E-state index contributed by atoms with van der Waals surface area (Å²) in [6.07, 6.45) is 1.56. The molecule has 0 saturated carbocycles. The zero-order chi connectivity index (χ0) is 11.5. The zero-order valence-electron chi connectivity index (χ0n) is 9.15. The molecule has 5 heteroatoms. The molecule has 1 saturated heterocycles. The SMILES string of the molecule is CN1CCN(c2cnc(C#N)c(F)c2)CC1. The molecule has 0 unspecified atom stereocenters. The molecule has 1 aromatic rings. The molecule has 2 rings (SSSR count). The van der Waals surface area contributed by atoms with Crippen LogP contribution in [0.25, 0.3) is 0 Å². The summed E-state index contributed by atoms with van der Waals surface area (Å²) in [5, 5.41) is 8.58. The van der Waals surface area contributed by atoms with Crippen LogP contribution in [0, 0.1) is 17.1 Å². The molecule has 0 radical (unpaired) electrons. The van der Waals surface area contributed by atoms with Gasteiger partial charge in [-0.2, -0.15) is 5.26 Å². The monoisotopic (exact) mass is 220 g/mol. The Balaban J connectivity index is 2.16. The number of hydrogen-bond donors (Lipinski definition) is 0. The number of piperazine rings is 1. The molecule has 84 valence electrons. The standard InChI is InChI=1S/C11H13FN4/c1-15-2-4-16(5-3-15)9-6-10(12)11(7-13)14-8-9/h6,8H,2-5H2,1H3. The lowest BCUT2D eigenvalue weighted by Gasteiger charge is -2.33. The van der Waals surface area contributed by atoms with Gasteiger partial charge in [0.05, 0.1) is 11.9 Å². The zero-order valence-corrected chi connectivity index (χ0v) is 9.15. The van der Waals surface area contributed by atoms with E-state index in [1.54, 1.807) is 12.3 Å².